The zero-order chi connectivity index (χ0) is 14.0. The van der Waals surface area contributed by atoms with Crippen LogP contribution < -0.4 is 0 Å². The number of benzene rings is 1. The summed E-state index contributed by atoms with van der Waals surface area (Å²) < 4.78 is 5.99. The maximum Gasteiger partial charge on any atom is 0.218 e. The molecule has 19 heavy (non-hydrogen) atoms. The Morgan fingerprint density at radius 3 is 2.47 bits per heavy atom. The standard InChI is InChI=1S/C16H20ClNO/c1-11-6-5-7-12(2)14(11)18-15-13(10-17)8-9-16(3,4)19-15/h5-7,10H,8-9H2,1-4H3/b13-10+,18-15?. The van der Waals surface area contributed by atoms with Crippen molar-refractivity contribution in [2.75, 3.05) is 0 Å². The molecule has 0 bridgehead atoms. The van der Waals surface area contributed by atoms with E-state index in [0.29, 0.717) is 5.90 Å². The monoisotopic (exact) mass is 277 g/mol. The van der Waals surface area contributed by atoms with Crippen molar-refractivity contribution in [2.45, 2.75) is 46.1 Å². The molecule has 1 saturated heterocycles. The SMILES string of the molecule is Cc1cccc(C)c1N=C1OC(C)(C)CC/C1=C\Cl. The number of aliphatic imine (C=N–C) groups is 1. The van der Waals surface area contributed by atoms with Gasteiger partial charge in [0.05, 0.1) is 5.69 Å². The van der Waals surface area contributed by atoms with Gasteiger partial charge in [-0.2, -0.15) is 0 Å². The first-order valence-electron chi connectivity index (χ1n) is 6.56. The van der Waals surface area contributed by atoms with Gasteiger partial charge in [0.1, 0.15) is 5.60 Å². The Morgan fingerprint density at radius 2 is 1.89 bits per heavy atom. The van der Waals surface area contributed by atoms with Crippen molar-refractivity contribution in [1.29, 1.82) is 0 Å². The zero-order valence-corrected chi connectivity index (χ0v) is 12.7. The second-order valence-electron chi connectivity index (χ2n) is 5.65. The predicted octanol–water partition coefficient (Wildman–Crippen LogP) is 5.05. The number of hydrogen-bond donors (Lipinski definition) is 0. The number of rotatable bonds is 1. The molecular formula is C16H20ClNO. The Labute approximate surface area is 120 Å². The van der Waals surface area contributed by atoms with Crippen LogP contribution in [0.15, 0.2) is 34.3 Å². The zero-order valence-electron chi connectivity index (χ0n) is 12.0. The molecule has 102 valence electrons. The summed E-state index contributed by atoms with van der Waals surface area (Å²) in [6.45, 7) is 8.28. The molecule has 1 aliphatic heterocycles. The van der Waals surface area contributed by atoms with Gasteiger partial charge in [-0.3, -0.25) is 0 Å². The van der Waals surface area contributed by atoms with Crippen molar-refractivity contribution in [1.82, 2.24) is 0 Å². The van der Waals surface area contributed by atoms with E-state index in [1.807, 2.05) is 6.07 Å². The average molecular weight is 278 g/mol. The molecule has 2 rings (SSSR count). The van der Waals surface area contributed by atoms with Gasteiger partial charge in [-0.1, -0.05) is 29.8 Å². The van der Waals surface area contributed by atoms with Gasteiger partial charge in [-0.05, 0) is 51.7 Å². The Bertz CT molecular complexity index is 523. The molecule has 0 spiro atoms. The van der Waals surface area contributed by atoms with Gasteiger partial charge in [0.2, 0.25) is 5.90 Å². The average Bonchev–Trinajstić information content (AvgIpc) is 2.33. The van der Waals surface area contributed by atoms with Gasteiger partial charge in [0, 0.05) is 11.1 Å². The van der Waals surface area contributed by atoms with Crippen molar-refractivity contribution >= 4 is 23.2 Å². The molecule has 1 aliphatic rings. The molecule has 1 heterocycles. The van der Waals surface area contributed by atoms with Gasteiger partial charge in [0.15, 0.2) is 0 Å². The van der Waals surface area contributed by atoms with Gasteiger partial charge in [-0.25, -0.2) is 4.99 Å². The molecule has 0 aromatic heterocycles. The molecule has 1 fully saturated rings. The molecule has 1 aromatic rings. The van der Waals surface area contributed by atoms with E-state index in [1.54, 1.807) is 5.54 Å². The maximum absolute atomic E-state index is 5.99. The first-order chi connectivity index (χ1) is 8.93. The van der Waals surface area contributed by atoms with Crippen LogP contribution in [0.1, 0.15) is 37.8 Å². The number of hydrogen-bond acceptors (Lipinski definition) is 2. The largest absolute Gasteiger partial charge is 0.471 e. The van der Waals surface area contributed by atoms with Crippen molar-refractivity contribution in [3.63, 3.8) is 0 Å². The van der Waals surface area contributed by atoms with Crippen LogP contribution in [0.5, 0.6) is 0 Å². The van der Waals surface area contributed by atoms with Crippen molar-refractivity contribution < 1.29 is 4.74 Å². The molecule has 0 unspecified atom stereocenters. The molecular weight excluding hydrogens is 258 g/mol. The van der Waals surface area contributed by atoms with E-state index < -0.39 is 0 Å². The normalized spacial score (nSPS) is 22.6. The minimum Gasteiger partial charge on any atom is -0.471 e. The summed E-state index contributed by atoms with van der Waals surface area (Å²) in [6, 6.07) is 6.16. The van der Waals surface area contributed by atoms with Crippen molar-refractivity contribution in [2.24, 2.45) is 4.99 Å². The second-order valence-corrected chi connectivity index (χ2v) is 5.87. The Balaban J connectivity index is 2.45. The lowest BCUT2D eigenvalue weighted by molar-refractivity contribution is 0.0744. The summed E-state index contributed by atoms with van der Waals surface area (Å²) in [5, 5.41) is 0. The lowest BCUT2D eigenvalue weighted by Crippen LogP contribution is -2.33. The van der Waals surface area contributed by atoms with Crippen LogP contribution >= 0.6 is 11.6 Å². The summed E-state index contributed by atoms with van der Waals surface area (Å²) in [6.07, 6.45) is 1.86. The van der Waals surface area contributed by atoms with E-state index in [9.17, 15) is 0 Å². The third kappa shape index (κ3) is 3.19. The highest BCUT2D eigenvalue weighted by Gasteiger charge is 2.29. The molecule has 3 heteroatoms. The molecule has 0 saturated carbocycles. The number of ether oxygens (including phenoxy) is 1. The van der Waals surface area contributed by atoms with Crippen molar-refractivity contribution in [3.05, 3.63) is 40.4 Å². The van der Waals surface area contributed by atoms with Gasteiger partial charge in [0.25, 0.3) is 0 Å². The van der Waals surface area contributed by atoms with Gasteiger partial charge in [-0.15, -0.1) is 0 Å². The van der Waals surface area contributed by atoms with Crippen LogP contribution in [-0.2, 0) is 4.74 Å². The molecule has 0 N–H and O–H groups in total. The van der Waals surface area contributed by atoms with Crippen LogP contribution in [0.3, 0.4) is 0 Å². The highest BCUT2D eigenvalue weighted by Crippen LogP contribution is 2.32. The van der Waals surface area contributed by atoms with Crippen LogP contribution in [0.25, 0.3) is 0 Å². The minimum absolute atomic E-state index is 0.182. The number of aryl methyl sites for hydroxylation is 2. The fourth-order valence-electron chi connectivity index (χ4n) is 2.20. The smallest absolute Gasteiger partial charge is 0.218 e. The van der Waals surface area contributed by atoms with E-state index in [2.05, 4.69) is 39.8 Å². The highest BCUT2D eigenvalue weighted by molar-refractivity contribution is 6.27. The first kappa shape index (κ1) is 14.1. The first-order valence-corrected chi connectivity index (χ1v) is 7.00. The molecule has 0 radical (unpaired) electrons. The van der Waals surface area contributed by atoms with E-state index in [1.165, 1.54) is 0 Å². The number of halogens is 1. The Kier molecular flexibility index (Phi) is 4.00. The lowest BCUT2D eigenvalue weighted by atomic mass is 9.95. The molecule has 2 nitrogen and oxygen atoms in total. The van der Waals surface area contributed by atoms with Crippen LogP contribution in [0.4, 0.5) is 5.69 Å². The van der Waals surface area contributed by atoms with Gasteiger partial charge < -0.3 is 4.74 Å². The van der Waals surface area contributed by atoms with Gasteiger partial charge >= 0.3 is 0 Å². The maximum atomic E-state index is 5.99. The summed E-state index contributed by atoms with van der Waals surface area (Å²) in [4.78, 5) is 4.71. The molecule has 0 amide bonds. The number of para-hydroxylation sites is 1. The quantitative estimate of drug-likeness (QED) is 0.704. The number of nitrogens with zero attached hydrogens (tertiary/aromatic N) is 1. The van der Waals surface area contributed by atoms with E-state index in [-0.39, 0.29) is 5.60 Å². The summed E-state index contributed by atoms with van der Waals surface area (Å²) >= 11 is 5.89. The Hall–Kier alpha value is -1.28. The van der Waals surface area contributed by atoms with Crippen LogP contribution in [0.2, 0.25) is 0 Å². The predicted molar refractivity (Wildman–Crippen MR) is 81.3 cm³/mol. The fraction of sp³-hybridized carbons (Fsp3) is 0.438. The third-order valence-electron chi connectivity index (χ3n) is 3.43. The summed E-state index contributed by atoms with van der Waals surface area (Å²) in [5.41, 5.74) is 5.65. The molecule has 1 aromatic carbocycles. The second kappa shape index (κ2) is 5.38. The van der Waals surface area contributed by atoms with E-state index >= 15 is 0 Å². The summed E-state index contributed by atoms with van der Waals surface area (Å²) in [7, 11) is 0. The van der Waals surface area contributed by atoms with Crippen molar-refractivity contribution in [3.8, 4) is 0 Å². The summed E-state index contributed by atoms with van der Waals surface area (Å²) in [5.74, 6) is 0.656. The fourth-order valence-corrected chi connectivity index (χ4v) is 2.40. The Morgan fingerprint density at radius 1 is 1.26 bits per heavy atom. The van der Waals surface area contributed by atoms with E-state index in [4.69, 9.17) is 21.3 Å². The minimum atomic E-state index is -0.182. The highest BCUT2D eigenvalue weighted by atomic mass is 35.5. The molecule has 0 aliphatic carbocycles. The van der Waals surface area contributed by atoms with Crippen LogP contribution in [0, 0.1) is 13.8 Å². The lowest BCUT2D eigenvalue weighted by Gasteiger charge is -2.33. The molecule has 0 atom stereocenters. The van der Waals surface area contributed by atoms with E-state index in [0.717, 1.165) is 35.2 Å². The van der Waals surface area contributed by atoms with Crippen LogP contribution in [-0.4, -0.2) is 11.5 Å². The topological polar surface area (TPSA) is 21.6 Å². The third-order valence-corrected chi connectivity index (χ3v) is 3.69.